The van der Waals surface area contributed by atoms with Crippen molar-refractivity contribution in [3.63, 3.8) is 0 Å². The Labute approximate surface area is 177 Å². The average Bonchev–Trinajstić information content (AvgIpc) is 3.19. The van der Waals surface area contributed by atoms with Gasteiger partial charge >= 0.3 is 0 Å². The smallest absolute Gasteiger partial charge is 0.254 e. The number of nitrogens with one attached hydrogen (secondary N) is 2. The number of carbonyl (C=O) groups is 3. The van der Waals surface area contributed by atoms with E-state index in [2.05, 4.69) is 10.3 Å². The molecule has 7 nitrogen and oxygen atoms in total. The molecule has 3 amide bonds. The third-order valence-electron chi connectivity index (χ3n) is 6.04. The minimum absolute atomic E-state index is 0.0900. The predicted molar refractivity (Wildman–Crippen MR) is 112 cm³/mol. The van der Waals surface area contributed by atoms with Crippen molar-refractivity contribution in [3.8, 4) is 0 Å². The molecule has 3 heterocycles. The van der Waals surface area contributed by atoms with Crippen molar-refractivity contribution in [2.45, 2.75) is 18.5 Å². The van der Waals surface area contributed by atoms with Crippen LogP contribution in [0, 0.1) is 5.82 Å². The standard InChI is InChI=1S/C23H21FN4O3/c24-16-5-3-4-14(10-16)22(30)27-8-9-28-20(13-27)21(29)26-19(23(28)31)11-15-12-25-18-7-2-1-6-17(15)18/h1-7,10,12,19-20,25H,8-9,11,13H2,(H,26,29)/t19-,20+/m0/s1. The van der Waals surface area contributed by atoms with E-state index in [1.807, 2.05) is 30.5 Å². The van der Waals surface area contributed by atoms with Crippen molar-refractivity contribution < 1.29 is 18.8 Å². The van der Waals surface area contributed by atoms with Gasteiger partial charge in [0, 0.05) is 42.2 Å². The number of H-pyrrole nitrogens is 1. The molecule has 3 aromatic rings. The number of piperazine rings is 2. The maximum absolute atomic E-state index is 13.5. The molecule has 31 heavy (non-hydrogen) atoms. The summed E-state index contributed by atoms with van der Waals surface area (Å²) in [6.07, 6.45) is 2.26. The number of halogens is 1. The van der Waals surface area contributed by atoms with Crippen LogP contribution in [0.1, 0.15) is 15.9 Å². The minimum atomic E-state index is -0.738. The van der Waals surface area contributed by atoms with E-state index < -0.39 is 17.9 Å². The van der Waals surface area contributed by atoms with Crippen LogP contribution in [0.3, 0.4) is 0 Å². The molecule has 5 rings (SSSR count). The number of benzene rings is 2. The predicted octanol–water partition coefficient (Wildman–Crippen LogP) is 1.70. The highest BCUT2D eigenvalue weighted by molar-refractivity contribution is 5.99. The van der Waals surface area contributed by atoms with Crippen molar-refractivity contribution in [1.82, 2.24) is 20.1 Å². The quantitative estimate of drug-likeness (QED) is 0.676. The minimum Gasteiger partial charge on any atom is -0.361 e. The molecule has 158 valence electrons. The van der Waals surface area contributed by atoms with E-state index in [1.54, 1.807) is 11.0 Å². The van der Waals surface area contributed by atoms with Crippen LogP contribution in [0.15, 0.2) is 54.7 Å². The van der Waals surface area contributed by atoms with E-state index in [-0.39, 0.29) is 36.4 Å². The number of hydrogen-bond donors (Lipinski definition) is 2. The zero-order valence-corrected chi connectivity index (χ0v) is 16.7. The van der Waals surface area contributed by atoms with E-state index >= 15 is 0 Å². The summed E-state index contributed by atoms with van der Waals surface area (Å²) in [7, 11) is 0. The van der Waals surface area contributed by atoms with Crippen LogP contribution < -0.4 is 5.32 Å². The third kappa shape index (κ3) is 3.43. The summed E-state index contributed by atoms with van der Waals surface area (Å²) in [5.41, 5.74) is 2.18. The fourth-order valence-corrected chi connectivity index (χ4v) is 4.45. The summed E-state index contributed by atoms with van der Waals surface area (Å²) < 4.78 is 13.5. The van der Waals surface area contributed by atoms with E-state index in [9.17, 15) is 18.8 Å². The van der Waals surface area contributed by atoms with Crippen molar-refractivity contribution in [1.29, 1.82) is 0 Å². The maximum Gasteiger partial charge on any atom is 0.254 e. The highest BCUT2D eigenvalue weighted by atomic mass is 19.1. The van der Waals surface area contributed by atoms with Crippen LogP contribution in [-0.2, 0) is 16.0 Å². The Morgan fingerprint density at radius 1 is 1.10 bits per heavy atom. The maximum atomic E-state index is 13.5. The molecule has 2 aromatic carbocycles. The van der Waals surface area contributed by atoms with Gasteiger partial charge < -0.3 is 20.1 Å². The van der Waals surface area contributed by atoms with Crippen LogP contribution >= 0.6 is 0 Å². The number of nitrogens with zero attached hydrogens (tertiary/aromatic N) is 2. The molecular formula is C23H21FN4O3. The summed E-state index contributed by atoms with van der Waals surface area (Å²) in [5.74, 6) is -1.26. The lowest BCUT2D eigenvalue weighted by molar-refractivity contribution is -0.152. The van der Waals surface area contributed by atoms with Crippen LogP contribution in [0.5, 0.6) is 0 Å². The van der Waals surface area contributed by atoms with Gasteiger partial charge in [-0.1, -0.05) is 24.3 Å². The van der Waals surface area contributed by atoms with E-state index in [0.717, 1.165) is 16.5 Å². The summed E-state index contributed by atoms with van der Waals surface area (Å²) >= 11 is 0. The van der Waals surface area contributed by atoms with Crippen LogP contribution in [0.2, 0.25) is 0 Å². The number of aromatic nitrogens is 1. The lowest BCUT2D eigenvalue weighted by Gasteiger charge is -2.45. The van der Waals surface area contributed by atoms with Gasteiger partial charge in [0.1, 0.15) is 17.9 Å². The zero-order valence-electron chi connectivity index (χ0n) is 16.7. The van der Waals surface area contributed by atoms with Gasteiger partial charge in [-0.25, -0.2) is 4.39 Å². The molecule has 2 atom stereocenters. The number of fused-ring (bicyclic) bond motifs is 2. The monoisotopic (exact) mass is 420 g/mol. The average molecular weight is 420 g/mol. The first kappa shape index (κ1) is 19.3. The summed E-state index contributed by atoms with van der Waals surface area (Å²) in [6.45, 7) is 0.653. The second-order valence-electron chi connectivity index (χ2n) is 7.93. The van der Waals surface area contributed by atoms with Crippen molar-refractivity contribution in [3.05, 3.63) is 71.7 Å². The second kappa shape index (κ2) is 7.54. The van der Waals surface area contributed by atoms with Crippen molar-refractivity contribution in [2.24, 2.45) is 0 Å². The SMILES string of the molecule is O=C1N[C@@H](Cc2c[nH]c3ccccc23)C(=O)N2CCN(C(=O)c3cccc(F)c3)C[C@H]12. The Morgan fingerprint density at radius 3 is 2.77 bits per heavy atom. The van der Waals surface area contributed by atoms with E-state index in [4.69, 9.17) is 0 Å². The van der Waals surface area contributed by atoms with E-state index in [0.29, 0.717) is 13.0 Å². The number of carbonyl (C=O) groups excluding carboxylic acids is 3. The van der Waals surface area contributed by atoms with Crippen LogP contribution in [-0.4, -0.2) is 64.2 Å². The molecule has 0 aliphatic carbocycles. The molecule has 0 radical (unpaired) electrons. The van der Waals surface area contributed by atoms with Crippen molar-refractivity contribution >= 4 is 28.6 Å². The van der Waals surface area contributed by atoms with Gasteiger partial charge in [0.05, 0.1) is 6.54 Å². The lowest BCUT2D eigenvalue weighted by Crippen LogP contribution is -2.70. The lowest BCUT2D eigenvalue weighted by atomic mass is 9.98. The van der Waals surface area contributed by atoms with Crippen LogP contribution in [0.4, 0.5) is 4.39 Å². The highest BCUT2D eigenvalue weighted by Gasteiger charge is 2.44. The molecule has 2 aliphatic heterocycles. The topological polar surface area (TPSA) is 85.5 Å². The highest BCUT2D eigenvalue weighted by Crippen LogP contribution is 2.23. The molecule has 2 N–H and O–H groups in total. The molecule has 2 saturated heterocycles. The first-order valence-electron chi connectivity index (χ1n) is 10.2. The molecule has 0 unspecified atom stereocenters. The van der Waals surface area contributed by atoms with Gasteiger partial charge in [-0.05, 0) is 29.8 Å². The Hall–Kier alpha value is -3.68. The van der Waals surface area contributed by atoms with Gasteiger partial charge in [-0.3, -0.25) is 14.4 Å². The number of hydrogen-bond acceptors (Lipinski definition) is 3. The number of aromatic amines is 1. The molecule has 2 fully saturated rings. The Balaban J connectivity index is 1.31. The number of para-hydroxylation sites is 1. The first-order chi connectivity index (χ1) is 15.0. The number of rotatable bonds is 3. The summed E-state index contributed by atoms with van der Waals surface area (Å²) in [4.78, 5) is 44.9. The second-order valence-corrected chi connectivity index (χ2v) is 7.93. The van der Waals surface area contributed by atoms with Crippen LogP contribution in [0.25, 0.3) is 10.9 Å². The van der Waals surface area contributed by atoms with E-state index in [1.165, 1.54) is 23.1 Å². The Morgan fingerprint density at radius 2 is 1.94 bits per heavy atom. The largest absolute Gasteiger partial charge is 0.361 e. The van der Waals surface area contributed by atoms with Gasteiger partial charge in [-0.2, -0.15) is 0 Å². The van der Waals surface area contributed by atoms with Gasteiger partial charge in [0.2, 0.25) is 11.8 Å². The molecule has 1 aromatic heterocycles. The number of amides is 3. The molecule has 0 bridgehead atoms. The summed E-state index contributed by atoms with van der Waals surface area (Å²) in [6, 6.07) is 11.9. The van der Waals surface area contributed by atoms with Crippen molar-refractivity contribution in [2.75, 3.05) is 19.6 Å². The molecule has 8 heteroatoms. The molecular weight excluding hydrogens is 399 g/mol. The zero-order chi connectivity index (χ0) is 21.5. The van der Waals surface area contributed by atoms with Gasteiger partial charge in [-0.15, -0.1) is 0 Å². The van der Waals surface area contributed by atoms with Gasteiger partial charge in [0.15, 0.2) is 0 Å². The molecule has 2 aliphatic rings. The Kier molecular flexibility index (Phi) is 4.69. The third-order valence-corrected chi connectivity index (χ3v) is 6.04. The Bertz CT molecular complexity index is 1190. The normalized spacial score (nSPS) is 21.2. The fourth-order valence-electron chi connectivity index (χ4n) is 4.45. The first-order valence-corrected chi connectivity index (χ1v) is 10.2. The molecule has 0 saturated carbocycles. The fraction of sp³-hybridized carbons (Fsp3) is 0.261. The van der Waals surface area contributed by atoms with Gasteiger partial charge in [0.25, 0.3) is 5.91 Å². The molecule has 0 spiro atoms. The summed E-state index contributed by atoms with van der Waals surface area (Å²) in [5, 5.41) is 3.86.